The lowest BCUT2D eigenvalue weighted by molar-refractivity contribution is -0.364. The summed E-state index contributed by atoms with van der Waals surface area (Å²) in [6, 6.07) is 16.1. The molecule has 21 atom stereocenters. The van der Waals surface area contributed by atoms with E-state index in [1.54, 1.807) is 0 Å². The number of esters is 3. The second-order valence-corrected chi connectivity index (χ2v) is 23.5. The molecule has 0 saturated carbocycles. The highest BCUT2D eigenvalue weighted by atomic mass is 16.8. The van der Waals surface area contributed by atoms with Gasteiger partial charge in [0.05, 0.1) is 12.2 Å². The molecule has 0 spiro atoms. The molecular weight excluding hydrogens is 1350 g/mol. The monoisotopic (exact) mass is 1420 g/mol. The molecule has 5 aliphatic rings. The summed E-state index contributed by atoms with van der Waals surface area (Å²) in [5, 5.41) is 213. The molecule has 5 aliphatic heterocycles. The van der Waals surface area contributed by atoms with Crippen molar-refractivity contribution in [2.45, 2.75) is 129 Å². The maximum atomic E-state index is 13.4. The molecule has 0 aromatic heterocycles. The number of carbonyl (C=O) groups excluding carboxylic acids is 3. The van der Waals surface area contributed by atoms with Crippen LogP contribution >= 0.6 is 0 Å². The largest absolute Gasteiger partial charge is 0.508 e. The van der Waals surface area contributed by atoms with Crippen LogP contribution < -0.4 is 14.2 Å². The minimum Gasteiger partial charge on any atom is -0.508 e. The normalized spacial score (nSPS) is 31.2. The first-order valence-electron chi connectivity index (χ1n) is 30.6. The van der Waals surface area contributed by atoms with Crippen LogP contribution in [0.4, 0.5) is 0 Å². The molecule has 10 rings (SSSR count). The predicted molar refractivity (Wildman–Crippen MR) is 332 cm³/mol. The first-order chi connectivity index (χ1) is 48.0. The molecular formula is C66H70O35. The van der Waals surface area contributed by atoms with E-state index < -0.39 is 219 Å². The highest BCUT2D eigenvalue weighted by Gasteiger charge is 2.53. The van der Waals surface area contributed by atoms with Gasteiger partial charge >= 0.3 is 17.9 Å². The van der Waals surface area contributed by atoms with Gasteiger partial charge in [-0.15, -0.1) is 0 Å². The van der Waals surface area contributed by atoms with Gasteiger partial charge in [0.1, 0.15) is 146 Å². The van der Waals surface area contributed by atoms with Crippen molar-refractivity contribution in [2.75, 3.05) is 26.4 Å². The Balaban J connectivity index is 0.876. The summed E-state index contributed by atoms with van der Waals surface area (Å²) in [5.41, 5.74) is 0.369. The first kappa shape index (κ1) is 74.1. The highest BCUT2D eigenvalue weighted by molar-refractivity contribution is 5.88. The molecule has 101 heavy (non-hydrogen) atoms. The lowest BCUT2D eigenvalue weighted by atomic mass is 9.97. The first-order valence-corrected chi connectivity index (χ1v) is 30.6. The topological polar surface area (TPSA) is 567 Å². The van der Waals surface area contributed by atoms with Crippen molar-refractivity contribution in [2.24, 2.45) is 0 Å². The summed E-state index contributed by atoms with van der Waals surface area (Å²) in [7, 11) is 0. The van der Waals surface area contributed by atoms with Gasteiger partial charge in [-0.2, -0.15) is 0 Å². The van der Waals surface area contributed by atoms with E-state index in [0.717, 1.165) is 85.0 Å². The Labute approximate surface area is 569 Å². The second kappa shape index (κ2) is 31.9. The van der Waals surface area contributed by atoms with Crippen LogP contribution in [0.3, 0.4) is 0 Å². The molecule has 544 valence electrons. The molecule has 4 saturated heterocycles. The molecule has 0 amide bonds. The van der Waals surface area contributed by atoms with E-state index in [1.807, 2.05) is 0 Å². The van der Waals surface area contributed by atoms with E-state index >= 15 is 0 Å². The van der Waals surface area contributed by atoms with Crippen LogP contribution in [-0.2, 0) is 57.0 Å². The third kappa shape index (κ3) is 17.4. The van der Waals surface area contributed by atoms with Crippen LogP contribution in [0.1, 0.15) is 33.9 Å². The summed E-state index contributed by atoms with van der Waals surface area (Å²) in [6.45, 7) is -3.34. The van der Waals surface area contributed by atoms with E-state index in [4.69, 9.17) is 56.8 Å². The standard InChI is InChI=1S/C66H70O35/c67-22-43-50(79)54(83)58(87)64(97-43)95-41-20-32(70)19-40-33(41)21-42(61(93-40)29-6-8-35(72)37(74)17-29)96-66-62(101-65-60(89)56(85)52(81)45(99-65)24-90-47(76)10-3-26-1-7-34(71)36(73)15-26)57(86)53(82)46(100-66)25-92-48(77)11-4-27-2-9-39(38(75)16-27)94-63-59(88)55(84)51(80)44(98-63)23-91-49(78)12-5-28-13-30(68)18-31(69)14-28/h1-21,43-46,50-75,79-89H,22-25H2/b10-3+,11-4+,12-5+/t43-,44+,45-,46-,50+,51+,52+,53+,54-,55-,56-,57-,58+,59+,60+,61?,62-,63+,64+,65-,66+/m0/s1. The van der Waals surface area contributed by atoms with Crippen molar-refractivity contribution >= 4 is 42.2 Å². The summed E-state index contributed by atoms with van der Waals surface area (Å²) < 4.78 is 69.3. The molecule has 0 bridgehead atoms. The maximum Gasteiger partial charge on any atom is 0.330 e. The van der Waals surface area contributed by atoms with E-state index in [-0.39, 0.29) is 50.8 Å². The number of carbonyl (C=O) groups is 3. The Kier molecular flexibility index (Phi) is 23.4. The Bertz CT molecular complexity index is 3870. The average Bonchev–Trinajstić information content (AvgIpc) is 0.763. The molecule has 4 fully saturated rings. The van der Waals surface area contributed by atoms with E-state index in [0.29, 0.717) is 0 Å². The van der Waals surface area contributed by atoms with Gasteiger partial charge in [0.2, 0.25) is 18.9 Å². The Morgan fingerprint density at radius 3 is 1.38 bits per heavy atom. The van der Waals surface area contributed by atoms with E-state index in [2.05, 4.69) is 0 Å². The third-order valence-corrected chi connectivity index (χ3v) is 16.4. The SMILES string of the molecule is O=C(/C=C/c1ccc(O)c(O)c1)OC[C@@H]1O[C@@H](O[C@@H]2[C@H](OC3=Cc4c(cc(O)cc4O[C@@H]4O[C@@H](CO)[C@@H](O)[C@H](O)[C@H]4O)OC3c3ccc(O)c(O)c3)O[C@@H](COC(=O)/C=C/c3ccc(O[C@@H]4O[C@H](COC(=O)/C=C/c5cc(O)cc(O)c5)[C@@H](O)[C@H](O)[C@H]4O)c(O)c3)[C@@H](O)[C@@H]2O)[C@H](O)[C@@H](O)[C@@H]1O. The van der Waals surface area contributed by atoms with Gasteiger partial charge in [-0.25, -0.2) is 14.4 Å². The van der Waals surface area contributed by atoms with Crippen molar-refractivity contribution in [1.82, 2.24) is 0 Å². The average molecular weight is 1420 g/mol. The molecule has 0 radical (unpaired) electrons. The number of phenolic OH excluding ortho intramolecular Hbond substituents is 8. The number of aliphatic hydroxyl groups is 12. The van der Waals surface area contributed by atoms with Crippen LogP contribution in [0.25, 0.3) is 24.3 Å². The zero-order valence-corrected chi connectivity index (χ0v) is 52.1. The van der Waals surface area contributed by atoms with Gasteiger partial charge in [-0.3, -0.25) is 0 Å². The van der Waals surface area contributed by atoms with Crippen molar-refractivity contribution in [3.05, 3.63) is 137 Å². The summed E-state index contributed by atoms with van der Waals surface area (Å²) in [6.07, 6.45) is -33.1. The number of hydrogen-bond donors (Lipinski definition) is 20. The van der Waals surface area contributed by atoms with Crippen molar-refractivity contribution in [3.8, 4) is 63.2 Å². The molecule has 5 aromatic rings. The van der Waals surface area contributed by atoms with Gasteiger partial charge < -0.3 is 159 Å². The van der Waals surface area contributed by atoms with Crippen molar-refractivity contribution in [1.29, 1.82) is 0 Å². The number of rotatable bonds is 22. The van der Waals surface area contributed by atoms with Crippen LogP contribution in [0, 0.1) is 0 Å². The number of ether oxygens (including phenoxy) is 12. The molecule has 35 nitrogen and oxygen atoms in total. The molecule has 35 heteroatoms. The van der Waals surface area contributed by atoms with Gasteiger partial charge in [0.15, 0.2) is 53.0 Å². The fraction of sp³-hybridized carbons (Fsp3) is 0.379. The van der Waals surface area contributed by atoms with E-state index in [1.165, 1.54) is 42.5 Å². The Hall–Kier alpha value is -9.61. The van der Waals surface area contributed by atoms with Gasteiger partial charge in [0, 0.05) is 42.0 Å². The molecule has 0 aliphatic carbocycles. The maximum absolute atomic E-state index is 13.4. The van der Waals surface area contributed by atoms with Crippen molar-refractivity contribution in [3.63, 3.8) is 0 Å². The van der Waals surface area contributed by atoms with Crippen LogP contribution in [-0.4, -0.2) is 269 Å². The number of phenols is 8. The minimum atomic E-state index is -2.27. The predicted octanol–water partition coefficient (Wildman–Crippen LogP) is -2.40. The summed E-state index contributed by atoms with van der Waals surface area (Å²) >= 11 is 0. The Morgan fingerprint density at radius 1 is 0.396 bits per heavy atom. The molecule has 5 aromatic carbocycles. The number of aliphatic hydroxyl groups excluding tert-OH is 12. The fourth-order valence-corrected chi connectivity index (χ4v) is 10.9. The minimum absolute atomic E-state index is 0.0271. The zero-order valence-electron chi connectivity index (χ0n) is 52.1. The van der Waals surface area contributed by atoms with Crippen LogP contribution in [0.2, 0.25) is 0 Å². The quantitative estimate of drug-likeness (QED) is 0.0149. The van der Waals surface area contributed by atoms with Gasteiger partial charge in [-0.05, 0) is 89.5 Å². The Morgan fingerprint density at radius 2 is 0.842 bits per heavy atom. The lowest BCUT2D eigenvalue weighted by Gasteiger charge is -2.46. The highest BCUT2D eigenvalue weighted by Crippen LogP contribution is 2.47. The third-order valence-electron chi connectivity index (χ3n) is 16.4. The zero-order chi connectivity index (χ0) is 72.8. The lowest BCUT2D eigenvalue weighted by Crippen LogP contribution is -2.64. The number of hydrogen-bond acceptors (Lipinski definition) is 35. The molecule has 1 unspecified atom stereocenters. The fourth-order valence-electron chi connectivity index (χ4n) is 10.9. The molecule has 20 N–H and O–H groups in total. The number of aromatic hydroxyl groups is 8. The second-order valence-electron chi connectivity index (χ2n) is 23.5. The van der Waals surface area contributed by atoms with Gasteiger partial charge in [-0.1, -0.05) is 18.2 Å². The van der Waals surface area contributed by atoms with Crippen LogP contribution in [0.5, 0.6) is 63.2 Å². The number of benzene rings is 5. The summed E-state index contributed by atoms with van der Waals surface area (Å²) in [5.74, 6) is -8.62. The van der Waals surface area contributed by atoms with Crippen molar-refractivity contribution < 1.29 is 173 Å². The van der Waals surface area contributed by atoms with E-state index in [9.17, 15) is 117 Å². The molecule has 5 heterocycles. The number of fused-ring (bicyclic) bond motifs is 1. The smallest absolute Gasteiger partial charge is 0.330 e. The van der Waals surface area contributed by atoms with Crippen LogP contribution in [0.15, 0.2) is 109 Å². The van der Waals surface area contributed by atoms with Gasteiger partial charge in [0.25, 0.3) is 0 Å². The summed E-state index contributed by atoms with van der Waals surface area (Å²) in [4.78, 5) is 38.8.